The molecule has 3 nitrogen and oxygen atoms in total. The highest BCUT2D eigenvalue weighted by Gasteiger charge is 2.11. The molecule has 2 aromatic rings. The van der Waals surface area contributed by atoms with Crippen molar-refractivity contribution in [2.45, 2.75) is 34.1 Å². The fourth-order valence-corrected chi connectivity index (χ4v) is 2.37. The van der Waals surface area contributed by atoms with Crippen LogP contribution in [-0.2, 0) is 7.05 Å². The van der Waals surface area contributed by atoms with E-state index in [1.807, 2.05) is 46.0 Å². The third-order valence-corrected chi connectivity index (χ3v) is 3.49. The van der Waals surface area contributed by atoms with Gasteiger partial charge in [0.25, 0.3) is 0 Å². The molecule has 3 heteroatoms. The number of nitrogens with zero attached hydrogens (tertiary/aromatic N) is 1. The highest BCUT2D eigenvalue weighted by molar-refractivity contribution is 5.94. The summed E-state index contributed by atoms with van der Waals surface area (Å²) < 4.78 is 2.06. The van der Waals surface area contributed by atoms with Gasteiger partial charge in [-0.2, -0.15) is 0 Å². The van der Waals surface area contributed by atoms with E-state index in [1.165, 1.54) is 5.57 Å². The molecule has 2 rings (SSSR count). The molecule has 0 spiro atoms. The van der Waals surface area contributed by atoms with Crippen molar-refractivity contribution in [3.05, 3.63) is 53.8 Å². The van der Waals surface area contributed by atoms with Gasteiger partial charge in [-0.1, -0.05) is 45.1 Å². The van der Waals surface area contributed by atoms with Crippen molar-refractivity contribution >= 4 is 22.4 Å². The molecule has 0 unspecified atom stereocenters. The fraction of sp³-hybridized carbons (Fsp3) is 0.316. The molecule has 0 aliphatic heterocycles. The third-order valence-electron chi connectivity index (χ3n) is 3.49. The summed E-state index contributed by atoms with van der Waals surface area (Å²) in [7, 11) is 1.97. The predicted molar refractivity (Wildman–Crippen MR) is 94.3 cm³/mol. The largest absolute Gasteiger partial charge is 0.478 e. The Kier molecular flexibility index (Phi) is 6.64. The maximum Gasteiger partial charge on any atom is 0.335 e. The van der Waals surface area contributed by atoms with Crippen LogP contribution >= 0.6 is 0 Å². The number of carboxylic acid groups (broad SMARTS) is 1. The average molecular weight is 299 g/mol. The molecule has 0 atom stereocenters. The van der Waals surface area contributed by atoms with Crippen molar-refractivity contribution < 1.29 is 9.90 Å². The number of hydrogen-bond donors (Lipinski definition) is 1. The van der Waals surface area contributed by atoms with Gasteiger partial charge in [0.1, 0.15) is 0 Å². The summed E-state index contributed by atoms with van der Waals surface area (Å²) in [5.74, 6) is -0.894. The Morgan fingerprint density at radius 3 is 2.50 bits per heavy atom. The number of benzene rings is 1. The Labute approximate surface area is 132 Å². The number of carboxylic acids is 1. The molecule has 1 N–H and O–H groups in total. The highest BCUT2D eigenvalue weighted by atomic mass is 16.4. The predicted octanol–water partition coefficient (Wildman–Crippen LogP) is 5.27. The van der Waals surface area contributed by atoms with Gasteiger partial charge in [-0.05, 0) is 37.1 Å². The van der Waals surface area contributed by atoms with E-state index in [-0.39, 0.29) is 0 Å². The molecular weight excluding hydrogens is 274 g/mol. The second-order valence-corrected chi connectivity index (χ2v) is 4.74. The van der Waals surface area contributed by atoms with E-state index in [1.54, 1.807) is 12.1 Å². The lowest BCUT2D eigenvalue weighted by Gasteiger charge is -2.06. The lowest BCUT2D eigenvalue weighted by atomic mass is 10.1. The van der Waals surface area contributed by atoms with Crippen molar-refractivity contribution in [2.24, 2.45) is 7.05 Å². The molecule has 1 aromatic heterocycles. The number of aryl methyl sites for hydroxylation is 1. The normalized spacial score (nSPS) is 11.6. The average Bonchev–Trinajstić information content (AvgIpc) is 2.87. The van der Waals surface area contributed by atoms with Crippen LogP contribution in [0, 0.1) is 0 Å². The Morgan fingerprint density at radius 1 is 1.27 bits per heavy atom. The SMILES string of the molecule is C/C=C\C=C(/CC)c1cc2ccc(C(=O)O)cc2n1C.CC. The van der Waals surface area contributed by atoms with Crippen LogP contribution in [0.4, 0.5) is 0 Å². The number of hydrogen-bond acceptors (Lipinski definition) is 1. The van der Waals surface area contributed by atoms with Gasteiger partial charge in [-0.15, -0.1) is 0 Å². The van der Waals surface area contributed by atoms with Gasteiger partial charge in [0, 0.05) is 23.6 Å². The summed E-state index contributed by atoms with van der Waals surface area (Å²) in [4.78, 5) is 11.1. The minimum atomic E-state index is -0.894. The highest BCUT2D eigenvalue weighted by Crippen LogP contribution is 2.26. The van der Waals surface area contributed by atoms with Gasteiger partial charge < -0.3 is 9.67 Å². The smallest absolute Gasteiger partial charge is 0.335 e. The van der Waals surface area contributed by atoms with E-state index in [0.717, 1.165) is 23.0 Å². The second-order valence-electron chi connectivity index (χ2n) is 4.74. The van der Waals surface area contributed by atoms with Crippen molar-refractivity contribution in [3.63, 3.8) is 0 Å². The molecule has 0 aliphatic carbocycles. The Balaban J connectivity index is 0.00000116. The monoisotopic (exact) mass is 299 g/mol. The Bertz CT molecular complexity index is 706. The Morgan fingerprint density at radius 2 is 1.95 bits per heavy atom. The molecule has 0 bridgehead atoms. The van der Waals surface area contributed by atoms with Crippen LogP contribution in [-0.4, -0.2) is 15.6 Å². The minimum absolute atomic E-state index is 0.320. The second kappa shape index (κ2) is 8.23. The number of rotatable bonds is 4. The molecule has 0 amide bonds. The maximum atomic E-state index is 11.1. The first-order chi connectivity index (χ1) is 10.6. The number of aromatic nitrogens is 1. The van der Waals surface area contributed by atoms with Gasteiger partial charge in [0.2, 0.25) is 0 Å². The fourth-order valence-electron chi connectivity index (χ4n) is 2.37. The summed E-state index contributed by atoms with van der Waals surface area (Å²) in [6.07, 6.45) is 7.06. The first-order valence-electron chi connectivity index (χ1n) is 7.73. The summed E-state index contributed by atoms with van der Waals surface area (Å²) in [6.45, 7) is 8.11. The van der Waals surface area contributed by atoms with Gasteiger partial charge in [0.15, 0.2) is 0 Å². The summed E-state index contributed by atoms with van der Waals surface area (Å²) in [5, 5.41) is 10.1. The van der Waals surface area contributed by atoms with E-state index < -0.39 is 5.97 Å². The van der Waals surface area contributed by atoms with Crippen LogP contribution in [0.1, 0.15) is 50.2 Å². The zero-order chi connectivity index (χ0) is 16.7. The standard InChI is InChI=1S/C17H19NO2.C2H6/c1-4-6-7-12(5-2)15-10-13-8-9-14(17(19)20)11-16(13)18(15)3;1-2/h4,6-11H,5H2,1-3H3,(H,19,20);1-2H3/b6-4-,12-7+;. The van der Waals surface area contributed by atoms with Crippen LogP contribution in [0.15, 0.2) is 42.5 Å². The number of carbonyl (C=O) groups is 1. The topological polar surface area (TPSA) is 42.2 Å². The lowest BCUT2D eigenvalue weighted by molar-refractivity contribution is 0.0697. The quantitative estimate of drug-likeness (QED) is 0.781. The summed E-state index contributed by atoms with van der Waals surface area (Å²) in [6, 6.07) is 7.35. The molecule has 0 aliphatic rings. The van der Waals surface area contributed by atoms with E-state index in [0.29, 0.717) is 5.56 Å². The molecule has 22 heavy (non-hydrogen) atoms. The number of allylic oxidation sites excluding steroid dienone is 4. The molecule has 0 radical (unpaired) electrons. The molecule has 1 heterocycles. The third kappa shape index (κ3) is 3.67. The number of fused-ring (bicyclic) bond motifs is 1. The first kappa shape index (κ1) is 17.8. The van der Waals surface area contributed by atoms with Gasteiger partial charge in [-0.3, -0.25) is 0 Å². The van der Waals surface area contributed by atoms with Crippen molar-refractivity contribution in [2.75, 3.05) is 0 Å². The zero-order valence-corrected chi connectivity index (χ0v) is 14.1. The lowest BCUT2D eigenvalue weighted by Crippen LogP contribution is -1.98. The van der Waals surface area contributed by atoms with Gasteiger partial charge in [0.05, 0.1) is 5.56 Å². The molecule has 0 saturated heterocycles. The molecular formula is C19H25NO2. The van der Waals surface area contributed by atoms with Crippen molar-refractivity contribution in [3.8, 4) is 0 Å². The molecule has 118 valence electrons. The van der Waals surface area contributed by atoms with Crippen LogP contribution in [0.5, 0.6) is 0 Å². The molecule has 0 fully saturated rings. The van der Waals surface area contributed by atoms with Crippen LogP contribution in [0.25, 0.3) is 16.5 Å². The van der Waals surface area contributed by atoms with E-state index >= 15 is 0 Å². The van der Waals surface area contributed by atoms with Crippen LogP contribution in [0.2, 0.25) is 0 Å². The zero-order valence-electron chi connectivity index (χ0n) is 14.1. The number of aromatic carboxylic acids is 1. The van der Waals surface area contributed by atoms with Gasteiger partial charge in [-0.25, -0.2) is 4.79 Å². The first-order valence-corrected chi connectivity index (χ1v) is 7.73. The van der Waals surface area contributed by atoms with Crippen molar-refractivity contribution in [1.82, 2.24) is 4.57 Å². The van der Waals surface area contributed by atoms with Crippen molar-refractivity contribution in [1.29, 1.82) is 0 Å². The van der Waals surface area contributed by atoms with Crippen LogP contribution in [0.3, 0.4) is 0 Å². The molecule has 1 aromatic carbocycles. The van der Waals surface area contributed by atoms with Gasteiger partial charge >= 0.3 is 5.97 Å². The van der Waals surface area contributed by atoms with Crippen LogP contribution < -0.4 is 0 Å². The Hall–Kier alpha value is -2.29. The van der Waals surface area contributed by atoms with E-state index in [2.05, 4.69) is 23.6 Å². The minimum Gasteiger partial charge on any atom is -0.478 e. The summed E-state index contributed by atoms with van der Waals surface area (Å²) in [5.41, 5.74) is 3.63. The molecule has 0 saturated carbocycles. The van der Waals surface area contributed by atoms with E-state index in [4.69, 9.17) is 5.11 Å². The summed E-state index contributed by atoms with van der Waals surface area (Å²) >= 11 is 0. The maximum absolute atomic E-state index is 11.1. The van der Waals surface area contributed by atoms with E-state index in [9.17, 15) is 4.79 Å².